The Morgan fingerprint density at radius 1 is 1.14 bits per heavy atom. The van der Waals surface area contributed by atoms with E-state index in [2.05, 4.69) is 0 Å². The van der Waals surface area contributed by atoms with E-state index < -0.39 is 17.9 Å². The Balaban J connectivity index is 2.50. The number of ketones is 1. The fraction of sp³-hybridized carbons (Fsp3) is 0.500. The standard InChI is InChI=1S/C16H24N2O3/c17-9-5-4-8-13(16(20)21)11-15(19)14(18)10-12-6-2-1-3-7-12/h1-3,6-7,13-14H,4-5,8-11,17-18H2,(H,20,21). The molecule has 0 aromatic heterocycles. The summed E-state index contributed by atoms with van der Waals surface area (Å²) in [7, 11) is 0. The van der Waals surface area contributed by atoms with Gasteiger partial charge in [-0.15, -0.1) is 0 Å². The number of hydrogen-bond acceptors (Lipinski definition) is 4. The second-order valence-corrected chi connectivity index (χ2v) is 5.29. The topological polar surface area (TPSA) is 106 Å². The largest absolute Gasteiger partial charge is 0.481 e. The van der Waals surface area contributed by atoms with Crippen LogP contribution in [0.1, 0.15) is 31.2 Å². The number of carboxylic acids is 1. The first kappa shape index (κ1) is 17.3. The molecule has 5 heteroatoms. The lowest BCUT2D eigenvalue weighted by Gasteiger charge is -2.15. The van der Waals surface area contributed by atoms with Crippen LogP contribution in [0.4, 0.5) is 0 Å². The van der Waals surface area contributed by atoms with Crippen LogP contribution in [-0.2, 0) is 16.0 Å². The van der Waals surface area contributed by atoms with Gasteiger partial charge in [-0.2, -0.15) is 0 Å². The van der Waals surface area contributed by atoms with Crippen molar-refractivity contribution in [3.63, 3.8) is 0 Å². The number of rotatable bonds is 10. The molecule has 0 radical (unpaired) electrons. The number of nitrogens with two attached hydrogens (primary N) is 2. The third-order valence-electron chi connectivity index (χ3n) is 3.52. The number of aliphatic carboxylic acids is 1. The van der Waals surface area contributed by atoms with E-state index >= 15 is 0 Å². The summed E-state index contributed by atoms with van der Waals surface area (Å²) >= 11 is 0. The summed E-state index contributed by atoms with van der Waals surface area (Å²) in [5.41, 5.74) is 12.3. The number of hydrogen-bond donors (Lipinski definition) is 3. The maximum atomic E-state index is 12.1. The highest BCUT2D eigenvalue weighted by Gasteiger charge is 2.24. The summed E-state index contributed by atoms with van der Waals surface area (Å²) in [4.78, 5) is 23.3. The van der Waals surface area contributed by atoms with Gasteiger partial charge in [0.05, 0.1) is 12.0 Å². The Kier molecular flexibility index (Phi) is 7.64. The van der Waals surface area contributed by atoms with Crippen LogP contribution in [0, 0.1) is 5.92 Å². The maximum absolute atomic E-state index is 12.1. The average Bonchev–Trinajstić information content (AvgIpc) is 2.47. The van der Waals surface area contributed by atoms with Gasteiger partial charge in [0.15, 0.2) is 5.78 Å². The van der Waals surface area contributed by atoms with E-state index in [1.165, 1.54) is 0 Å². The van der Waals surface area contributed by atoms with Crippen LogP contribution in [0.5, 0.6) is 0 Å². The summed E-state index contributed by atoms with van der Waals surface area (Å²) in [6, 6.07) is 8.84. The van der Waals surface area contributed by atoms with Crippen molar-refractivity contribution in [3.05, 3.63) is 35.9 Å². The molecule has 0 saturated heterocycles. The lowest BCUT2D eigenvalue weighted by molar-refractivity contribution is -0.144. The van der Waals surface area contributed by atoms with E-state index in [-0.39, 0.29) is 12.2 Å². The van der Waals surface area contributed by atoms with Crippen LogP contribution in [0.3, 0.4) is 0 Å². The van der Waals surface area contributed by atoms with Crippen molar-refractivity contribution in [1.82, 2.24) is 0 Å². The van der Waals surface area contributed by atoms with Crippen LogP contribution >= 0.6 is 0 Å². The van der Waals surface area contributed by atoms with Crippen LogP contribution in [0.25, 0.3) is 0 Å². The van der Waals surface area contributed by atoms with Crippen molar-refractivity contribution in [3.8, 4) is 0 Å². The molecular formula is C16H24N2O3. The van der Waals surface area contributed by atoms with Gasteiger partial charge in [-0.3, -0.25) is 9.59 Å². The molecule has 116 valence electrons. The first-order valence-electron chi connectivity index (χ1n) is 7.29. The predicted molar refractivity (Wildman–Crippen MR) is 81.8 cm³/mol. The van der Waals surface area contributed by atoms with E-state index in [1.54, 1.807) is 0 Å². The Hall–Kier alpha value is -1.72. The van der Waals surface area contributed by atoms with Crippen molar-refractivity contribution >= 4 is 11.8 Å². The average molecular weight is 292 g/mol. The Labute approximate surface area is 125 Å². The molecule has 0 bridgehead atoms. The van der Waals surface area contributed by atoms with Gasteiger partial charge in [-0.1, -0.05) is 36.8 Å². The minimum atomic E-state index is -0.938. The van der Waals surface area contributed by atoms with E-state index in [4.69, 9.17) is 16.6 Å². The summed E-state index contributed by atoms with van der Waals surface area (Å²) in [5, 5.41) is 9.17. The van der Waals surface area contributed by atoms with Crippen molar-refractivity contribution in [1.29, 1.82) is 0 Å². The van der Waals surface area contributed by atoms with Gasteiger partial charge in [0.2, 0.25) is 0 Å². The number of carbonyl (C=O) groups excluding carboxylic acids is 1. The summed E-state index contributed by atoms with van der Waals surface area (Å²) in [6.45, 7) is 0.536. The minimum Gasteiger partial charge on any atom is -0.481 e. The quantitative estimate of drug-likeness (QED) is 0.564. The summed E-state index contributed by atoms with van der Waals surface area (Å²) in [6.07, 6.45) is 2.39. The van der Waals surface area contributed by atoms with E-state index in [9.17, 15) is 9.59 Å². The highest BCUT2D eigenvalue weighted by Crippen LogP contribution is 2.15. The first-order chi connectivity index (χ1) is 10.0. The fourth-order valence-electron chi connectivity index (χ4n) is 2.22. The van der Waals surface area contributed by atoms with E-state index in [1.807, 2.05) is 30.3 Å². The molecule has 0 aliphatic rings. The zero-order valence-electron chi connectivity index (χ0n) is 12.2. The van der Waals surface area contributed by atoms with Crippen molar-refractivity contribution in [2.75, 3.05) is 6.54 Å². The van der Waals surface area contributed by atoms with Gasteiger partial charge >= 0.3 is 5.97 Å². The molecule has 1 rings (SSSR count). The molecule has 0 aliphatic carbocycles. The lowest BCUT2D eigenvalue weighted by Crippen LogP contribution is -2.35. The number of carboxylic acid groups (broad SMARTS) is 1. The van der Waals surface area contributed by atoms with Gasteiger partial charge in [0, 0.05) is 6.42 Å². The Morgan fingerprint density at radius 2 is 1.81 bits per heavy atom. The second kappa shape index (κ2) is 9.26. The molecule has 0 fully saturated rings. The molecule has 0 spiro atoms. The molecule has 2 atom stereocenters. The van der Waals surface area contributed by atoms with E-state index in [0.29, 0.717) is 25.8 Å². The SMILES string of the molecule is NCCCCC(CC(=O)C(N)Cc1ccccc1)C(=O)O. The number of Topliss-reactive ketones (excluding diaryl/α,β-unsaturated/α-hetero) is 1. The molecule has 0 heterocycles. The molecule has 1 aromatic rings. The number of unbranched alkanes of at least 4 members (excludes halogenated alkanes) is 1. The highest BCUT2D eigenvalue weighted by molar-refractivity contribution is 5.87. The van der Waals surface area contributed by atoms with Gasteiger partial charge in [0.1, 0.15) is 0 Å². The molecule has 2 unspecified atom stereocenters. The third-order valence-corrected chi connectivity index (χ3v) is 3.52. The molecule has 0 aliphatic heterocycles. The summed E-state index contributed by atoms with van der Waals surface area (Å²) < 4.78 is 0. The number of carbonyl (C=O) groups is 2. The molecule has 0 saturated carbocycles. The van der Waals surface area contributed by atoms with Gasteiger partial charge in [0.25, 0.3) is 0 Å². The van der Waals surface area contributed by atoms with Gasteiger partial charge in [-0.25, -0.2) is 0 Å². The van der Waals surface area contributed by atoms with Gasteiger partial charge in [-0.05, 0) is 31.4 Å². The normalized spacial score (nSPS) is 13.6. The van der Waals surface area contributed by atoms with E-state index in [0.717, 1.165) is 12.0 Å². The smallest absolute Gasteiger partial charge is 0.306 e. The first-order valence-corrected chi connectivity index (χ1v) is 7.29. The zero-order valence-corrected chi connectivity index (χ0v) is 12.2. The lowest BCUT2D eigenvalue weighted by atomic mass is 9.92. The maximum Gasteiger partial charge on any atom is 0.306 e. The third kappa shape index (κ3) is 6.51. The van der Waals surface area contributed by atoms with Crippen molar-refractivity contribution in [2.24, 2.45) is 17.4 Å². The Bertz CT molecular complexity index is 448. The van der Waals surface area contributed by atoms with Crippen molar-refractivity contribution < 1.29 is 14.7 Å². The van der Waals surface area contributed by atoms with Gasteiger partial charge < -0.3 is 16.6 Å². The number of benzene rings is 1. The zero-order chi connectivity index (χ0) is 15.7. The molecule has 5 nitrogen and oxygen atoms in total. The predicted octanol–water partition coefficient (Wildman–Crippen LogP) is 1.35. The van der Waals surface area contributed by atoms with Crippen LogP contribution in [0.15, 0.2) is 30.3 Å². The van der Waals surface area contributed by atoms with Crippen LogP contribution < -0.4 is 11.5 Å². The van der Waals surface area contributed by atoms with Crippen LogP contribution in [0.2, 0.25) is 0 Å². The van der Waals surface area contributed by atoms with Crippen molar-refractivity contribution in [2.45, 2.75) is 38.1 Å². The Morgan fingerprint density at radius 3 is 2.38 bits per heavy atom. The monoisotopic (exact) mass is 292 g/mol. The van der Waals surface area contributed by atoms with Crippen LogP contribution in [-0.4, -0.2) is 29.4 Å². The molecule has 21 heavy (non-hydrogen) atoms. The molecule has 0 amide bonds. The highest BCUT2D eigenvalue weighted by atomic mass is 16.4. The summed E-state index contributed by atoms with van der Waals surface area (Å²) in [5.74, 6) is -1.79. The molecular weight excluding hydrogens is 268 g/mol. The fourth-order valence-corrected chi connectivity index (χ4v) is 2.22. The molecule has 1 aromatic carbocycles. The molecule has 5 N–H and O–H groups in total. The minimum absolute atomic E-state index is 0.00605. The second-order valence-electron chi connectivity index (χ2n) is 5.29.